The molecule has 0 saturated carbocycles. The van der Waals surface area contributed by atoms with Crippen molar-refractivity contribution in [2.24, 2.45) is 0 Å². The van der Waals surface area contributed by atoms with Gasteiger partial charge < -0.3 is 9.64 Å². The van der Waals surface area contributed by atoms with E-state index in [0.717, 1.165) is 22.3 Å². The van der Waals surface area contributed by atoms with Gasteiger partial charge in [-0.25, -0.2) is 4.98 Å². The summed E-state index contributed by atoms with van der Waals surface area (Å²) in [6, 6.07) is 13.0. The van der Waals surface area contributed by atoms with Crippen molar-refractivity contribution < 1.29 is 9.53 Å². The molecule has 0 radical (unpaired) electrons. The predicted octanol–water partition coefficient (Wildman–Crippen LogP) is 4.23. The van der Waals surface area contributed by atoms with Crippen molar-refractivity contribution in [1.29, 1.82) is 0 Å². The lowest BCUT2D eigenvalue weighted by Gasteiger charge is -2.22. The number of rotatable bonds is 7. The third-order valence-electron chi connectivity index (χ3n) is 4.09. The van der Waals surface area contributed by atoms with Gasteiger partial charge in [0.05, 0.1) is 10.2 Å². The van der Waals surface area contributed by atoms with Crippen LogP contribution >= 0.6 is 22.9 Å². The Kier molecular flexibility index (Phi) is 6.31. The van der Waals surface area contributed by atoms with Crippen molar-refractivity contribution in [1.82, 2.24) is 9.88 Å². The highest BCUT2D eigenvalue weighted by molar-refractivity contribution is 7.22. The average molecular weight is 404 g/mol. The standard InChI is InChI=1S/C20H22ClN3O2S/c1-14-5-4-6-17-19(14)22-20(27-17)24(12-11-23(2)3)18(25)13-26-16-9-7-15(21)8-10-16/h4-10H,11-13H2,1-3H3. The molecule has 0 bridgehead atoms. The summed E-state index contributed by atoms with van der Waals surface area (Å²) in [5, 5.41) is 1.33. The highest BCUT2D eigenvalue weighted by atomic mass is 35.5. The quantitative estimate of drug-likeness (QED) is 0.592. The highest BCUT2D eigenvalue weighted by Gasteiger charge is 2.21. The maximum Gasteiger partial charge on any atom is 0.266 e. The second-order valence-corrected chi connectivity index (χ2v) is 7.95. The Balaban J connectivity index is 1.79. The summed E-state index contributed by atoms with van der Waals surface area (Å²) in [5.74, 6) is 0.490. The molecule has 5 nitrogen and oxygen atoms in total. The number of thiazole rings is 1. The smallest absolute Gasteiger partial charge is 0.266 e. The first-order valence-corrected chi connectivity index (χ1v) is 9.83. The number of halogens is 1. The first-order valence-electron chi connectivity index (χ1n) is 8.63. The molecule has 0 spiro atoms. The number of hydrogen-bond donors (Lipinski definition) is 0. The number of aromatic nitrogens is 1. The summed E-state index contributed by atoms with van der Waals surface area (Å²) in [6.45, 7) is 3.27. The van der Waals surface area contributed by atoms with Crippen LogP contribution < -0.4 is 9.64 Å². The van der Waals surface area contributed by atoms with Gasteiger partial charge in [-0.05, 0) is 56.9 Å². The zero-order valence-electron chi connectivity index (χ0n) is 15.6. The fourth-order valence-corrected chi connectivity index (χ4v) is 3.78. The molecular formula is C20H22ClN3O2S. The van der Waals surface area contributed by atoms with E-state index in [1.165, 1.54) is 11.3 Å². The number of fused-ring (bicyclic) bond motifs is 1. The predicted molar refractivity (Wildman–Crippen MR) is 112 cm³/mol. The number of anilines is 1. The van der Waals surface area contributed by atoms with Crippen molar-refractivity contribution in [2.45, 2.75) is 6.92 Å². The molecule has 0 saturated heterocycles. The summed E-state index contributed by atoms with van der Waals surface area (Å²) in [6.07, 6.45) is 0. The molecule has 142 valence electrons. The second-order valence-electron chi connectivity index (χ2n) is 6.51. The van der Waals surface area contributed by atoms with Crippen LogP contribution in [-0.4, -0.2) is 49.6 Å². The Morgan fingerprint density at radius 2 is 1.89 bits per heavy atom. The van der Waals surface area contributed by atoms with Crippen molar-refractivity contribution in [3.8, 4) is 5.75 Å². The molecule has 0 aliphatic rings. The van der Waals surface area contributed by atoms with Crippen molar-refractivity contribution in [3.63, 3.8) is 0 Å². The fourth-order valence-electron chi connectivity index (χ4n) is 2.57. The van der Waals surface area contributed by atoms with Gasteiger partial charge in [-0.1, -0.05) is 35.1 Å². The Bertz CT molecular complexity index is 925. The number of amides is 1. The lowest BCUT2D eigenvalue weighted by molar-refractivity contribution is -0.120. The summed E-state index contributed by atoms with van der Waals surface area (Å²) in [5.41, 5.74) is 2.05. The third kappa shape index (κ3) is 4.97. The lowest BCUT2D eigenvalue weighted by atomic mass is 10.2. The molecule has 7 heteroatoms. The van der Waals surface area contributed by atoms with E-state index < -0.39 is 0 Å². The van der Waals surface area contributed by atoms with E-state index >= 15 is 0 Å². The van der Waals surface area contributed by atoms with E-state index in [4.69, 9.17) is 21.3 Å². The molecule has 1 aromatic heterocycles. The van der Waals surface area contributed by atoms with Crippen molar-refractivity contribution >= 4 is 44.2 Å². The molecule has 27 heavy (non-hydrogen) atoms. The summed E-state index contributed by atoms with van der Waals surface area (Å²) in [7, 11) is 3.96. The van der Waals surface area contributed by atoms with Crippen LogP contribution in [0.4, 0.5) is 5.13 Å². The van der Waals surface area contributed by atoms with E-state index in [-0.39, 0.29) is 12.5 Å². The van der Waals surface area contributed by atoms with Crippen LogP contribution in [0.1, 0.15) is 5.56 Å². The maximum absolute atomic E-state index is 12.9. The Hall–Kier alpha value is -2.15. The van der Waals surface area contributed by atoms with Crippen LogP contribution in [0.3, 0.4) is 0 Å². The Morgan fingerprint density at radius 3 is 2.56 bits per heavy atom. The molecule has 0 aliphatic heterocycles. The van der Waals surface area contributed by atoms with Gasteiger partial charge in [0.15, 0.2) is 11.7 Å². The minimum absolute atomic E-state index is 0.0516. The number of nitrogens with zero attached hydrogens (tertiary/aromatic N) is 3. The highest BCUT2D eigenvalue weighted by Crippen LogP contribution is 2.30. The van der Waals surface area contributed by atoms with Gasteiger partial charge >= 0.3 is 0 Å². The average Bonchev–Trinajstić information content (AvgIpc) is 3.06. The number of carbonyl (C=O) groups is 1. The minimum atomic E-state index is -0.122. The Labute approximate surface area is 168 Å². The molecule has 0 fully saturated rings. The molecule has 0 N–H and O–H groups in total. The van der Waals surface area contributed by atoms with E-state index in [0.29, 0.717) is 22.4 Å². The van der Waals surface area contributed by atoms with Gasteiger partial charge in [-0.15, -0.1) is 0 Å². The molecule has 1 heterocycles. The van der Waals surface area contributed by atoms with Gasteiger partial charge in [0.1, 0.15) is 5.75 Å². The van der Waals surface area contributed by atoms with E-state index in [2.05, 4.69) is 0 Å². The van der Waals surface area contributed by atoms with Gasteiger partial charge in [-0.3, -0.25) is 9.69 Å². The molecular weight excluding hydrogens is 382 g/mol. The Morgan fingerprint density at radius 1 is 1.15 bits per heavy atom. The van der Waals surface area contributed by atoms with Crippen LogP contribution in [0, 0.1) is 6.92 Å². The van der Waals surface area contributed by atoms with E-state index in [9.17, 15) is 4.79 Å². The molecule has 2 aromatic carbocycles. The van der Waals surface area contributed by atoms with E-state index in [1.807, 2.05) is 44.1 Å². The van der Waals surface area contributed by atoms with Crippen molar-refractivity contribution in [3.05, 3.63) is 53.1 Å². The summed E-state index contributed by atoms with van der Waals surface area (Å²) in [4.78, 5) is 21.3. The number of hydrogen-bond acceptors (Lipinski definition) is 5. The summed E-state index contributed by atoms with van der Waals surface area (Å²) >= 11 is 7.41. The van der Waals surface area contributed by atoms with Crippen LogP contribution in [0.15, 0.2) is 42.5 Å². The number of aryl methyl sites for hydroxylation is 1. The molecule has 3 rings (SSSR count). The van der Waals surface area contributed by atoms with Crippen LogP contribution in [-0.2, 0) is 4.79 Å². The molecule has 0 aliphatic carbocycles. The lowest BCUT2D eigenvalue weighted by Crippen LogP contribution is -2.39. The maximum atomic E-state index is 12.9. The van der Waals surface area contributed by atoms with Gasteiger partial charge in [0.25, 0.3) is 5.91 Å². The largest absolute Gasteiger partial charge is 0.484 e. The van der Waals surface area contributed by atoms with Crippen LogP contribution in [0.5, 0.6) is 5.75 Å². The monoisotopic (exact) mass is 403 g/mol. The van der Waals surface area contributed by atoms with Crippen LogP contribution in [0.2, 0.25) is 5.02 Å². The molecule has 0 atom stereocenters. The summed E-state index contributed by atoms with van der Waals surface area (Å²) < 4.78 is 6.72. The minimum Gasteiger partial charge on any atom is -0.484 e. The first-order chi connectivity index (χ1) is 12.9. The normalized spacial score (nSPS) is 11.1. The number of para-hydroxylation sites is 1. The second kappa shape index (κ2) is 8.69. The molecule has 0 unspecified atom stereocenters. The topological polar surface area (TPSA) is 45.7 Å². The number of likely N-dealkylation sites (N-methyl/N-ethyl adjacent to an activating group) is 1. The van der Waals surface area contributed by atoms with Gasteiger partial charge in [0.2, 0.25) is 0 Å². The molecule has 3 aromatic rings. The van der Waals surface area contributed by atoms with Crippen molar-refractivity contribution in [2.75, 3.05) is 38.7 Å². The number of carbonyl (C=O) groups excluding carboxylic acids is 1. The van der Waals surface area contributed by atoms with Gasteiger partial charge in [-0.2, -0.15) is 0 Å². The van der Waals surface area contributed by atoms with Crippen LogP contribution in [0.25, 0.3) is 10.2 Å². The first kappa shape index (κ1) is 19.6. The zero-order chi connectivity index (χ0) is 19.4. The fraction of sp³-hybridized carbons (Fsp3) is 0.300. The van der Waals surface area contributed by atoms with E-state index in [1.54, 1.807) is 29.2 Å². The SMILES string of the molecule is Cc1cccc2sc(N(CCN(C)C)C(=O)COc3ccc(Cl)cc3)nc12. The van der Waals surface area contributed by atoms with Gasteiger partial charge in [0, 0.05) is 18.1 Å². The number of ether oxygens (including phenoxy) is 1. The third-order valence-corrected chi connectivity index (χ3v) is 5.38. The molecule has 1 amide bonds. The number of benzene rings is 2. The zero-order valence-corrected chi connectivity index (χ0v) is 17.2.